The Balaban J connectivity index is 0.000000178. The lowest BCUT2D eigenvalue weighted by Gasteiger charge is -2.29. The number of quaternary nitrogens is 1. The van der Waals surface area contributed by atoms with E-state index in [4.69, 9.17) is 23.2 Å². The van der Waals surface area contributed by atoms with Gasteiger partial charge in [-0.3, -0.25) is 0 Å². The Bertz CT molecular complexity index is 1070. The molecule has 0 radical (unpaired) electrons. The molecule has 0 spiro atoms. The number of nitrogens with one attached hydrogen (secondary N) is 3. The molecule has 0 bridgehead atoms. The summed E-state index contributed by atoms with van der Waals surface area (Å²) in [5, 5.41) is 23.5. The predicted molar refractivity (Wildman–Crippen MR) is 149 cm³/mol. The van der Waals surface area contributed by atoms with Gasteiger partial charge in [-0.2, -0.15) is 0 Å². The molecule has 0 aliphatic carbocycles. The number of piperazine rings is 3. The number of methoxy groups -OCH3 is 1. The first-order valence-electron chi connectivity index (χ1n) is 12.9. The van der Waals surface area contributed by atoms with Crippen LogP contribution in [0.4, 0.5) is 11.6 Å². The Morgan fingerprint density at radius 2 is 1.26 bits per heavy atom. The van der Waals surface area contributed by atoms with Gasteiger partial charge in [-0.05, 0) is 12.1 Å². The van der Waals surface area contributed by atoms with Gasteiger partial charge < -0.3 is 45.7 Å². The number of hydrogen-bond acceptors (Lipinski definition) is 11. The number of carboxylic acid groups (broad SMARTS) is 1. The molecular formula is C25H36Cl2N8O4. The number of rotatable bonds is 4. The molecule has 3 fully saturated rings. The van der Waals surface area contributed by atoms with Gasteiger partial charge in [0.15, 0.2) is 0 Å². The summed E-state index contributed by atoms with van der Waals surface area (Å²) in [6, 6.07) is 2.97. The summed E-state index contributed by atoms with van der Waals surface area (Å²) in [6.45, 7) is 11.9. The summed E-state index contributed by atoms with van der Waals surface area (Å²) in [6.07, 6.45) is 2.77. The number of aromatic carboxylic acids is 1. The van der Waals surface area contributed by atoms with Crippen LogP contribution in [0.1, 0.15) is 20.7 Å². The highest BCUT2D eigenvalue weighted by molar-refractivity contribution is 6.33. The zero-order valence-corrected chi connectivity index (χ0v) is 23.6. The number of hydrogen-bond donors (Lipinski definition) is 4. The normalized spacial score (nSPS) is 17.2. The lowest BCUT2D eigenvalue weighted by Crippen LogP contribution is -2.89. The van der Waals surface area contributed by atoms with Crippen LogP contribution in [0.2, 0.25) is 10.0 Å². The number of halogens is 2. The van der Waals surface area contributed by atoms with E-state index in [2.05, 4.69) is 40.9 Å². The molecule has 214 valence electrons. The van der Waals surface area contributed by atoms with E-state index in [9.17, 15) is 14.7 Å². The molecule has 39 heavy (non-hydrogen) atoms. The van der Waals surface area contributed by atoms with Crippen LogP contribution in [0.5, 0.6) is 0 Å². The third-order valence-electron chi connectivity index (χ3n) is 6.18. The van der Waals surface area contributed by atoms with E-state index in [0.717, 1.165) is 58.2 Å². The first-order valence-corrected chi connectivity index (χ1v) is 13.7. The second-order valence-electron chi connectivity index (χ2n) is 8.93. The van der Waals surface area contributed by atoms with Crippen LogP contribution >= 0.6 is 23.2 Å². The maximum absolute atomic E-state index is 11.3. The van der Waals surface area contributed by atoms with Crippen LogP contribution < -0.4 is 36.2 Å². The van der Waals surface area contributed by atoms with Gasteiger partial charge >= 0.3 is 5.97 Å². The molecule has 0 saturated carbocycles. The Labute approximate surface area is 238 Å². The van der Waals surface area contributed by atoms with Gasteiger partial charge in [0.2, 0.25) is 0 Å². The van der Waals surface area contributed by atoms with E-state index in [-0.39, 0.29) is 5.56 Å². The third kappa shape index (κ3) is 9.75. The third-order valence-corrected chi connectivity index (χ3v) is 6.74. The van der Waals surface area contributed by atoms with Crippen LogP contribution in [0.3, 0.4) is 0 Å². The van der Waals surface area contributed by atoms with Gasteiger partial charge in [0.05, 0.1) is 41.8 Å². The lowest BCUT2D eigenvalue weighted by molar-refractivity contribution is -0.657. The average Bonchev–Trinajstić information content (AvgIpc) is 2.99. The Kier molecular flexibility index (Phi) is 12.9. The van der Waals surface area contributed by atoms with Gasteiger partial charge in [-0.15, -0.1) is 0 Å². The second kappa shape index (κ2) is 16.4. The first-order chi connectivity index (χ1) is 18.9. The fourth-order valence-corrected chi connectivity index (χ4v) is 4.67. The van der Waals surface area contributed by atoms with E-state index in [1.807, 2.05) is 4.90 Å². The Hall–Kier alpha value is -2.74. The van der Waals surface area contributed by atoms with E-state index in [1.165, 1.54) is 51.7 Å². The van der Waals surface area contributed by atoms with Gasteiger partial charge in [0, 0.05) is 83.4 Å². The molecule has 0 amide bonds. The summed E-state index contributed by atoms with van der Waals surface area (Å²) in [4.78, 5) is 34.3. The number of carbonyl (C=O) groups excluding carboxylic acids is 2. The van der Waals surface area contributed by atoms with Crippen LogP contribution in [0.15, 0.2) is 24.5 Å². The Morgan fingerprint density at radius 3 is 1.62 bits per heavy atom. The van der Waals surface area contributed by atoms with E-state index in [1.54, 1.807) is 6.07 Å². The molecule has 3 aliphatic rings. The molecule has 12 nitrogen and oxygen atoms in total. The van der Waals surface area contributed by atoms with Crippen molar-refractivity contribution >= 4 is 46.8 Å². The van der Waals surface area contributed by atoms with Crippen molar-refractivity contribution < 1.29 is 24.7 Å². The minimum atomic E-state index is -1.26. The number of nitrogens with zero attached hydrogens (tertiary/aromatic N) is 4. The summed E-state index contributed by atoms with van der Waals surface area (Å²) < 4.78 is 4.62. The van der Waals surface area contributed by atoms with Gasteiger partial charge in [-0.25, -0.2) is 14.8 Å². The molecular weight excluding hydrogens is 547 g/mol. The maximum atomic E-state index is 11.3. The largest absolute Gasteiger partial charge is 0.545 e. The fourth-order valence-electron chi connectivity index (χ4n) is 4.10. The highest BCUT2D eigenvalue weighted by Crippen LogP contribution is 2.25. The molecule has 2 aromatic rings. The van der Waals surface area contributed by atoms with Crippen LogP contribution in [0, 0.1) is 0 Å². The number of carbonyl (C=O) groups is 2. The molecule has 5 heterocycles. The second-order valence-corrected chi connectivity index (χ2v) is 9.74. The molecule has 3 saturated heterocycles. The van der Waals surface area contributed by atoms with Crippen molar-refractivity contribution in [3.63, 3.8) is 0 Å². The van der Waals surface area contributed by atoms with Crippen molar-refractivity contribution in [2.75, 3.05) is 95.4 Å². The zero-order chi connectivity index (χ0) is 28.0. The highest BCUT2D eigenvalue weighted by Gasteiger charge is 2.17. The molecule has 0 unspecified atom stereocenters. The molecule has 3 aliphatic heterocycles. The van der Waals surface area contributed by atoms with Gasteiger partial charge in [-0.1, -0.05) is 23.2 Å². The van der Waals surface area contributed by atoms with Crippen molar-refractivity contribution in [2.45, 2.75) is 0 Å². The number of ether oxygens (including phenoxy) is 1. The standard InChI is InChI=1S/C11H14ClN3O2.C10H12ClN3O2.C4H10N2/c1-17-11(16)8-6-9(12)10(14-7-8)15-4-2-13-3-5-15;11-8-5-7(10(15)16)6-13-9(8)14-3-1-12-2-4-14;1-2-6-4-3-5-1/h6-7,13H,2-5H2,1H3;5-6,12H,1-4H2,(H,15,16);5-6H,1-4H2. The number of pyridine rings is 2. The maximum Gasteiger partial charge on any atom is 0.339 e. The molecule has 0 atom stereocenters. The van der Waals surface area contributed by atoms with E-state index < -0.39 is 11.9 Å². The topological polar surface area (TPSA) is 151 Å². The van der Waals surface area contributed by atoms with E-state index in [0.29, 0.717) is 21.4 Å². The van der Waals surface area contributed by atoms with Gasteiger partial charge in [0.25, 0.3) is 0 Å². The van der Waals surface area contributed by atoms with Crippen molar-refractivity contribution in [3.8, 4) is 0 Å². The molecule has 0 aromatic carbocycles. The monoisotopic (exact) mass is 582 g/mol. The highest BCUT2D eigenvalue weighted by atomic mass is 35.5. The van der Waals surface area contributed by atoms with E-state index >= 15 is 0 Å². The SMILES string of the molecule is C1C[NH2+]CCN1.COC(=O)c1cnc(N2CCNCC2)c(Cl)c1.O=C([O-])c1cnc(N2CCNCC2)c(Cl)c1. The van der Waals surface area contributed by atoms with Crippen LogP contribution in [-0.2, 0) is 4.74 Å². The lowest BCUT2D eigenvalue weighted by atomic mass is 10.2. The minimum absolute atomic E-state index is 0.00360. The molecule has 2 aromatic heterocycles. The first kappa shape index (κ1) is 30.8. The smallest absolute Gasteiger partial charge is 0.339 e. The number of carboxylic acids is 1. The van der Waals surface area contributed by atoms with Crippen molar-refractivity contribution in [3.05, 3.63) is 45.7 Å². The van der Waals surface area contributed by atoms with Crippen molar-refractivity contribution in [2.24, 2.45) is 0 Å². The molecule has 5 N–H and O–H groups in total. The molecule has 14 heteroatoms. The zero-order valence-electron chi connectivity index (χ0n) is 22.0. The summed E-state index contributed by atoms with van der Waals surface area (Å²) >= 11 is 12.1. The summed E-state index contributed by atoms with van der Waals surface area (Å²) in [7, 11) is 1.33. The minimum Gasteiger partial charge on any atom is -0.545 e. The van der Waals surface area contributed by atoms with Crippen molar-refractivity contribution in [1.29, 1.82) is 0 Å². The van der Waals surface area contributed by atoms with Crippen molar-refractivity contribution in [1.82, 2.24) is 25.9 Å². The van der Waals surface area contributed by atoms with Gasteiger partial charge in [0.1, 0.15) is 11.6 Å². The summed E-state index contributed by atoms with van der Waals surface area (Å²) in [5.41, 5.74) is 0.375. The molecule has 5 rings (SSSR count). The summed E-state index contributed by atoms with van der Waals surface area (Å²) in [5.74, 6) is -0.332. The predicted octanol–water partition coefficient (Wildman–Crippen LogP) is -1.41. The van der Waals surface area contributed by atoms with Crippen LogP contribution in [-0.4, -0.2) is 108 Å². The Morgan fingerprint density at radius 1 is 0.821 bits per heavy atom. The fraction of sp³-hybridized carbons (Fsp3) is 0.520. The quantitative estimate of drug-likeness (QED) is 0.315. The number of anilines is 2. The average molecular weight is 584 g/mol. The number of aromatic nitrogens is 2. The number of nitrogens with two attached hydrogens (primary N) is 1. The number of esters is 1. The van der Waals surface area contributed by atoms with Crippen LogP contribution in [0.25, 0.3) is 0 Å².